The lowest BCUT2D eigenvalue weighted by atomic mass is 9.98. The smallest absolute Gasteiger partial charge is 0.222 e. The molecule has 19 heavy (non-hydrogen) atoms. The third kappa shape index (κ3) is 4.96. The molecule has 0 aromatic carbocycles. The standard InChI is InChI=1S/C15H28N2O.ClH/c16-12-14-9-3-4-11-17(14)15(18)10-5-8-13-6-1-2-7-13;/h13-14H,1-12,16H2;1H. The van der Waals surface area contributed by atoms with Gasteiger partial charge in [0.1, 0.15) is 0 Å². The molecule has 4 heteroatoms. The highest BCUT2D eigenvalue weighted by Gasteiger charge is 2.25. The normalized spacial score (nSPS) is 24.3. The van der Waals surface area contributed by atoms with Crippen LogP contribution in [0.3, 0.4) is 0 Å². The van der Waals surface area contributed by atoms with Gasteiger partial charge in [0.15, 0.2) is 0 Å². The van der Waals surface area contributed by atoms with Crippen LogP contribution in [0.1, 0.15) is 64.2 Å². The van der Waals surface area contributed by atoms with Crippen molar-refractivity contribution in [3.05, 3.63) is 0 Å². The van der Waals surface area contributed by atoms with Gasteiger partial charge in [0.2, 0.25) is 5.91 Å². The summed E-state index contributed by atoms with van der Waals surface area (Å²) in [6, 6.07) is 0.317. The van der Waals surface area contributed by atoms with E-state index in [0.717, 1.165) is 38.1 Å². The minimum atomic E-state index is 0. The zero-order valence-corrected chi connectivity index (χ0v) is 12.8. The van der Waals surface area contributed by atoms with E-state index in [-0.39, 0.29) is 12.4 Å². The van der Waals surface area contributed by atoms with Crippen LogP contribution in [0.15, 0.2) is 0 Å². The Kier molecular flexibility index (Phi) is 7.77. The number of nitrogens with zero attached hydrogens (tertiary/aromatic N) is 1. The molecule has 0 spiro atoms. The van der Waals surface area contributed by atoms with Crippen molar-refractivity contribution in [1.82, 2.24) is 4.90 Å². The molecule has 0 aromatic heterocycles. The van der Waals surface area contributed by atoms with Gasteiger partial charge in [-0.25, -0.2) is 0 Å². The molecule has 3 nitrogen and oxygen atoms in total. The topological polar surface area (TPSA) is 46.3 Å². The monoisotopic (exact) mass is 288 g/mol. The average molecular weight is 289 g/mol. The van der Waals surface area contributed by atoms with E-state index >= 15 is 0 Å². The number of hydrogen-bond acceptors (Lipinski definition) is 2. The predicted molar refractivity (Wildman–Crippen MR) is 81.5 cm³/mol. The molecule has 1 amide bonds. The number of piperidine rings is 1. The van der Waals surface area contributed by atoms with Gasteiger partial charge in [-0.15, -0.1) is 12.4 Å². The van der Waals surface area contributed by atoms with Crippen LogP contribution >= 0.6 is 12.4 Å². The molecule has 1 aliphatic carbocycles. The first kappa shape index (κ1) is 16.8. The first-order valence-corrected chi connectivity index (χ1v) is 7.81. The van der Waals surface area contributed by atoms with Crippen molar-refractivity contribution >= 4 is 18.3 Å². The summed E-state index contributed by atoms with van der Waals surface area (Å²) in [6.07, 6.45) is 12.2. The lowest BCUT2D eigenvalue weighted by Crippen LogP contribution is -2.47. The molecule has 112 valence electrons. The van der Waals surface area contributed by atoms with Crippen LogP contribution in [0.2, 0.25) is 0 Å². The highest BCUT2D eigenvalue weighted by molar-refractivity contribution is 5.85. The van der Waals surface area contributed by atoms with Crippen molar-refractivity contribution in [2.24, 2.45) is 11.7 Å². The van der Waals surface area contributed by atoms with Gasteiger partial charge in [-0.1, -0.05) is 25.7 Å². The first-order valence-electron chi connectivity index (χ1n) is 7.81. The van der Waals surface area contributed by atoms with E-state index in [0.29, 0.717) is 18.5 Å². The number of carbonyl (C=O) groups excluding carboxylic acids is 1. The van der Waals surface area contributed by atoms with Gasteiger partial charge in [-0.2, -0.15) is 0 Å². The number of likely N-dealkylation sites (tertiary alicyclic amines) is 1. The Bertz CT molecular complexity index is 267. The lowest BCUT2D eigenvalue weighted by molar-refractivity contribution is -0.134. The second-order valence-corrected chi connectivity index (χ2v) is 6.02. The van der Waals surface area contributed by atoms with Crippen molar-refractivity contribution in [3.8, 4) is 0 Å². The van der Waals surface area contributed by atoms with Gasteiger partial charge in [0.05, 0.1) is 0 Å². The number of carbonyl (C=O) groups is 1. The zero-order chi connectivity index (χ0) is 12.8. The number of nitrogens with two attached hydrogens (primary N) is 1. The summed E-state index contributed by atoms with van der Waals surface area (Å²) in [4.78, 5) is 14.3. The van der Waals surface area contributed by atoms with Gasteiger partial charge in [-0.05, 0) is 38.0 Å². The highest BCUT2D eigenvalue weighted by Crippen LogP contribution is 2.29. The van der Waals surface area contributed by atoms with E-state index in [1.165, 1.54) is 38.5 Å². The van der Waals surface area contributed by atoms with E-state index in [2.05, 4.69) is 4.90 Å². The molecule has 0 aromatic rings. The Morgan fingerprint density at radius 1 is 1.11 bits per heavy atom. The second kappa shape index (κ2) is 8.80. The van der Waals surface area contributed by atoms with Crippen LogP contribution in [0.25, 0.3) is 0 Å². The summed E-state index contributed by atoms with van der Waals surface area (Å²) in [5.41, 5.74) is 5.77. The predicted octanol–water partition coefficient (Wildman–Crippen LogP) is 3.11. The minimum Gasteiger partial charge on any atom is -0.338 e. The van der Waals surface area contributed by atoms with Gasteiger partial charge < -0.3 is 10.6 Å². The Morgan fingerprint density at radius 3 is 2.47 bits per heavy atom. The van der Waals surface area contributed by atoms with Crippen LogP contribution in [0, 0.1) is 5.92 Å². The number of halogens is 1. The Morgan fingerprint density at radius 2 is 1.79 bits per heavy atom. The lowest BCUT2D eigenvalue weighted by Gasteiger charge is -2.35. The second-order valence-electron chi connectivity index (χ2n) is 6.02. The van der Waals surface area contributed by atoms with Gasteiger partial charge in [0, 0.05) is 25.6 Å². The highest BCUT2D eigenvalue weighted by atomic mass is 35.5. The Hall–Kier alpha value is -0.280. The molecule has 0 radical (unpaired) electrons. The number of hydrogen-bond donors (Lipinski definition) is 1. The molecule has 2 fully saturated rings. The van der Waals surface area contributed by atoms with Crippen molar-refractivity contribution in [2.75, 3.05) is 13.1 Å². The SMILES string of the molecule is Cl.NCC1CCCCN1C(=O)CCCC1CCCC1. The van der Waals surface area contributed by atoms with E-state index in [9.17, 15) is 4.79 Å². The van der Waals surface area contributed by atoms with Crippen LogP contribution in [0.5, 0.6) is 0 Å². The molecule has 1 atom stereocenters. The third-order valence-electron chi connectivity index (χ3n) is 4.70. The molecule has 1 saturated heterocycles. The minimum absolute atomic E-state index is 0. The largest absolute Gasteiger partial charge is 0.338 e. The van der Waals surface area contributed by atoms with Crippen molar-refractivity contribution in [3.63, 3.8) is 0 Å². The van der Waals surface area contributed by atoms with Crippen LogP contribution in [0.4, 0.5) is 0 Å². The summed E-state index contributed by atoms with van der Waals surface area (Å²) < 4.78 is 0. The average Bonchev–Trinajstić information content (AvgIpc) is 2.91. The fourth-order valence-corrected chi connectivity index (χ4v) is 3.56. The maximum atomic E-state index is 12.2. The maximum Gasteiger partial charge on any atom is 0.222 e. The summed E-state index contributed by atoms with van der Waals surface area (Å²) in [7, 11) is 0. The molecule has 2 N–H and O–H groups in total. The zero-order valence-electron chi connectivity index (χ0n) is 12.0. The number of amides is 1. The van der Waals surface area contributed by atoms with Gasteiger partial charge in [-0.3, -0.25) is 4.79 Å². The maximum absolute atomic E-state index is 12.2. The van der Waals surface area contributed by atoms with E-state index in [1.807, 2.05) is 0 Å². The molecule has 0 bridgehead atoms. The quantitative estimate of drug-likeness (QED) is 0.845. The van der Waals surface area contributed by atoms with Gasteiger partial charge >= 0.3 is 0 Å². The van der Waals surface area contributed by atoms with Crippen LogP contribution < -0.4 is 5.73 Å². The van der Waals surface area contributed by atoms with Crippen LogP contribution in [-0.2, 0) is 4.79 Å². The molecule has 1 aliphatic heterocycles. The summed E-state index contributed by atoms with van der Waals surface area (Å²) in [5.74, 6) is 1.26. The molecular weight excluding hydrogens is 260 g/mol. The first-order chi connectivity index (χ1) is 8.81. The van der Waals surface area contributed by atoms with Crippen LogP contribution in [-0.4, -0.2) is 29.9 Å². The molecule has 2 aliphatic rings. The van der Waals surface area contributed by atoms with E-state index in [1.54, 1.807) is 0 Å². The van der Waals surface area contributed by atoms with Crippen molar-refractivity contribution < 1.29 is 4.79 Å². The third-order valence-corrected chi connectivity index (χ3v) is 4.70. The molecule has 1 unspecified atom stereocenters. The fraction of sp³-hybridized carbons (Fsp3) is 0.933. The van der Waals surface area contributed by atoms with E-state index in [4.69, 9.17) is 5.73 Å². The van der Waals surface area contributed by atoms with E-state index < -0.39 is 0 Å². The number of rotatable bonds is 5. The summed E-state index contributed by atoms with van der Waals surface area (Å²) >= 11 is 0. The Labute approximate surface area is 123 Å². The molecule has 1 saturated carbocycles. The van der Waals surface area contributed by atoms with Gasteiger partial charge in [0.25, 0.3) is 0 Å². The summed E-state index contributed by atoms with van der Waals surface area (Å²) in [6.45, 7) is 1.57. The molecular formula is C15H29ClN2O. The molecule has 1 heterocycles. The van der Waals surface area contributed by atoms with Crippen molar-refractivity contribution in [1.29, 1.82) is 0 Å². The fourth-order valence-electron chi connectivity index (χ4n) is 3.56. The van der Waals surface area contributed by atoms with Crippen molar-refractivity contribution in [2.45, 2.75) is 70.3 Å². The summed E-state index contributed by atoms with van der Waals surface area (Å²) in [5, 5.41) is 0. The Balaban J connectivity index is 0.00000180. The molecule has 2 rings (SSSR count).